The Morgan fingerprint density at radius 2 is 2.04 bits per heavy atom. The molecule has 1 aliphatic rings. The van der Waals surface area contributed by atoms with E-state index in [9.17, 15) is 19.5 Å². The number of carbonyl (C=O) groups excluding carboxylic acids is 1. The van der Waals surface area contributed by atoms with Crippen LogP contribution in [0.5, 0.6) is 0 Å². The van der Waals surface area contributed by atoms with Gasteiger partial charge in [0.2, 0.25) is 5.56 Å². The highest BCUT2D eigenvalue weighted by atomic mass is 16.6. The van der Waals surface area contributed by atoms with Crippen molar-refractivity contribution in [2.75, 3.05) is 6.54 Å². The van der Waals surface area contributed by atoms with E-state index in [1.165, 1.54) is 17.2 Å². The number of piperidine rings is 1. The van der Waals surface area contributed by atoms with E-state index < -0.39 is 29.6 Å². The number of carboxylic acid groups (broad SMARTS) is 1. The quantitative estimate of drug-likeness (QED) is 0.862. The van der Waals surface area contributed by atoms with Gasteiger partial charge in [0.1, 0.15) is 5.60 Å². The molecule has 1 fully saturated rings. The molecule has 1 aliphatic heterocycles. The van der Waals surface area contributed by atoms with Crippen LogP contribution in [0.25, 0.3) is 0 Å². The first kappa shape index (κ1) is 18.0. The molecule has 2 rings (SSSR count). The van der Waals surface area contributed by atoms with E-state index in [2.05, 4.69) is 4.98 Å². The van der Waals surface area contributed by atoms with E-state index >= 15 is 0 Å². The molecule has 0 radical (unpaired) electrons. The Balaban J connectivity index is 2.27. The topological polar surface area (TPSA) is 99.7 Å². The van der Waals surface area contributed by atoms with Gasteiger partial charge in [-0.15, -0.1) is 0 Å². The molecule has 0 bridgehead atoms. The van der Waals surface area contributed by atoms with Crippen LogP contribution in [0.1, 0.15) is 45.6 Å². The van der Waals surface area contributed by atoms with Crippen LogP contribution in [0.4, 0.5) is 4.79 Å². The number of likely N-dealkylation sites (tertiary alicyclic amines) is 1. The van der Waals surface area contributed by atoms with Gasteiger partial charge in [-0.2, -0.15) is 0 Å². The minimum absolute atomic E-state index is 0.265. The fourth-order valence-corrected chi connectivity index (χ4v) is 3.21. The Labute approximate surface area is 140 Å². The van der Waals surface area contributed by atoms with Crippen molar-refractivity contribution in [3.63, 3.8) is 0 Å². The molecule has 24 heavy (non-hydrogen) atoms. The Morgan fingerprint density at radius 3 is 2.58 bits per heavy atom. The van der Waals surface area contributed by atoms with Crippen LogP contribution < -0.4 is 5.56 Å². The van der Waals surface area contributed by atoms with E-state index in [0.29, 0.717) is 18.5 Å². The second-order valence-corrected chi connectivity index (χ2v) is 7.16. The summed E-state index contributed by atoms with van der Waals surface area (Å²) in [6, 6.07) is 2.62. The molecule has 0 aromatic carbocycles. The molecule has 0 aliphatic carbocycles. The highest BCUT2D eigenvalue weighted by Crippen LogP contribution is 2.37. The van der Waals surface area contributed by atoms with Gasteiger partial charge in [0, 0.05) is 30.8 Å². The fourth-order valence-electron chi connectivity index (χ4n) is 3.21. The van der Waals surface area contributed by atoms with Gasteiger partial charge in [0.15, 0.2) is 0 Å². The monoisotopic (exact) mass is 336 g/mol. The summed E-state index contributed by atoms with van der Waals surface area (Å²) >= 11 is 0. The van der Waals surface area contributed by atoms with E-state index in [0.717, 1.165) is 0 Å². The zero-order chi connectivity index (χ0) is 18.1. The predicted molar refractivity (Wildman–Crippen MR) is 87.9 cm³/mol. The van der Waals surface area contributed by atoms with Crippen LogP contribution in [0, 0.1) is 5.92 Å². The van der Waals surface area contributed by atoms with Crippen LogP contribution in [-0.2, 0) is 9.53 Å². The van der Waals surface area contributed by atoms with E-state index in [1.807, 2.05) is 0 Å². The van der Waals surface area contributed by atoms with Crippen molar-refractivity contribution in [2.24, 2.45) is 5.92 Å². The molecular weight excluding hydrogens is 312 g/mol. The number of aliphatic carboxylic acids is 1. The van der Waals surface area contributed by atoms with Crippen molar-refractivity contribution in [3.05, 3.63) is 34.2 Å². The molecule has 2 N–H and O–H groups in total. The number of aromatic amines is 1. The number of H-pyrrole nitrogens is 1. The number of nitrogens with zero attached hydrogens (tertiary/aromatic N) is 1. The summed E-state index contributed by atoms with van der Waals surface area (Å²) < 4.78 is 5.37. The molecular formula is C17H24N2O5. The second kappa shape index (κ2) is 6.67. The Bertz CT molecular complexity index is 676. The van der Waals surface area contributed by atoms with Crippen molar-refractivity contribution < 1.29 is 19.4 Å². The lowest BCUT2D eigenvalue weighted by atomic mass is 9.76. The first-order valence-corrected chi connectivity index (χ1v) is 8.01. The number of amides is 1. The number of aromatic nitrogens is 1. The number of pyridine rings is 1. The maximum Gasteiger partial charge on any atom is 0.410 e. The van der Waals surface area contributed by atoms with Crippen molar-refractivity contribution in [2.45, 2.75) is 51.7 Å². The molecule has 7 nitrogen and oxygen atoms in total. The second-order valence-electron chi connectivity index (χ2n) is 7.16. The summed E-state index contributed by atoms with van der Waals surface area (Å²) in [6.07, 6.45) is 1.47. The standard InChI is InChI=1S/C17H24N2O5/c1-10-14(15(21)22)12(11-5-7-18-13(20)9-11)6-8-19(10)16(23)24-17(2,3)4/h5,7,9-10,12,14H,6,8H2,1-4H3,(H,18,20)(H,21,22)/t10-,12?,14?/m1/s1. The highest BCUT2D eigenvalue weighted by Gasteiger charge is 2.43. The fraction of sp³-hybridized carbons (Fsp3) is 0.588. The first-order valence-electron chi connectivity index (χ1n) is 8.01. The number of carboxylic acids is 1. The molecule has 0 saturated carbocycles. The molecule has 1 amide bonds. The zero-order valence-corrected chi connectivity index (χ0v) is 14.4. The Morgan fingerprint density at radius 1 is 1.38 bits per heavy atom. The summed E-state index contributed by atoms with van der Waals surface area (Å²) in [4.78, 5) is 39.7. The van der Waals surface area contributed by atoms with Crippen molar-refractivity contribution >= 4 is 12.1 Å². The minimum atomic E-state index is -0.985. The predicted octanol–water partition coefficient (Wildman–Crippen LogP) is 2.19. The molecule has 2 unspecified atom stereocenters. The smallest absolute Gasteiger partial charge is 0.410 e. The van der Waals surface area contributed by atoms with Gasteiger partial charge in [-0.25, -0.2) is 4.79 Å². The van der Waals surface area contributed by atoms with Gasteiger partial charge in [-0.1, -0.05) is 0 Å². The summed E-state index contributed by atoms with van der Waals surface area (Å²) in [7, 11) is 0. The zero-order valence-electron chi connectivity index (χ0n) is 14.4. The van der Waals surface area contributed by atoms with Crippen molar-refractivity contribution in [1.82, 2.24) is 9.88 Å². The van der Waals surface area contributed by atoms with E-state index in [-0.39, 0.29) is 11.5 Å². The summed E-state index contributed by atoms with van der Waals surface area (Å²) in [5.74, 6) is -2.10. The summed E-state index contributed by atoms with van der Waals surface area (Å²) in [5.41, 5.74) is -0.222. The third kappa shape index (κ3) is 3.96. The number of ether oxygens (including phenoxy) is 1. The lowest BCUT2D eigenvalue weighted by molar-refractivity contribution is -0.146. The maximum absolute atomic E-state index is 12.3. The van der Waals surface area contributed by atoms with Gasteiger partial charge >= 0.3 is 12.1 Å². The third-order valence-corrected chi connectivity index (χ3v) is 4.27. The Hall–Kier alpha value is -2.31. The largest absolute Gasteiger partial charge is 0.481 e. The normalized spacial score (nSPS) is 24.5. The number of carbonyl (C=O) groups is 2. The first-order chi connectivity index (χ1) is 11.1. The number of hydrogen-bond donors (Lipinski definition) is 2. The third-order valence-electron chi connectivity index (χ3n) is 4.27. The summed E-state index contributed by atoms with van der Waals surface area (Å²) in [6.45, 7) is 7.41. The van der Waals surface area contributed by atoms with Gasteiger partial charge in [-0.3, -0.25) is 9.59 Å². The number of nitrogens with one attached hydrogen (secondary N) is 1. The lowest BCUT2D eigenvalue weighted by Gasteiger charge is -2.42. The SMILES string of the molecule is C[C@@H]1C(C(=O)O)C(c2cc[nH]c(=O)c2)CCN1C(=O)OC(C)(C)C. The molecule has 0 spiro atoms. The van der Waals surface area contributed by atoms with Crippen LogP contribution in [0.3, 0.4) is 0 Å². The summed E-state index contributed by atoms with van der Waals surface area (Å²) in [5, 5.41) is 9.68. The van der Waals surface area contributed by atoms with E-state index in [1.54, 1.807) is 33.8 Å². The lowest BCUT2D eigenvalue weighted by Crippen LogP contribution is -2.53. The molecule has 1 saturated heterocycles. The molecule has 2 heterocycles. The highest BCUT2D eigenvalue weighted by molar-refractivity contribution is 5.75. The van der Waals surface area contributed by atoms with Crippen LogP contribution in [0.2, 0.25) is 0 Å². The number of hydrogen-bond acceptors (Lipinski definition) is 4. The van der Waals surface area contributed by atoms with Crippen LogP contribution >= 0.6 is 0 Å². The van der Waals surface area contributed by atoms with Gasteiger partial charge < -0.3 is 19.7 Å². The van der Waals surface area contributed by atoms with Crippen LogP contribution in [-0.4, -0.2) is 45.2 Å². The minimum Gasteiger partial charge on any atom is -0.481 e. The van der Waals surface area contributed by atoms with Gasteiger partial charge in [0.25, 0.3) is 0 Å². The molecule has 3 atom stereocenters. The van der Waals surface area contributed by atoms with Gasteiger partial charge in [-0.05, 0) is 45.7 Å². The molecule has 7 heteroatoms. The van der Waals surface area contributed by atoms with E-state index in [4.69, 9.17) is 4.74 Å². The Kier molecular flexibility index (Phi) is 5.01. The van der Waals surface area contributed by atoms with Gasteiger partial charge in [0.05, 0.1) is 5.92 Å². The number of rotatable bonds is 2. The van der Waals surface area contributed by atoms with Crippen molar-refractivity contribution in [3.8, 4) is 0 Å². The maximum atomic E-state index is 12.3. The average Bonchev–Trinajstić information content (AvgIpc) is 2.44. The molecule has 132 valence electrons. The molecule has 1 aromatic rings. The molecule has 1 aromatic heterocycles. The average molecular weight is 336 g/mol. The van der Waals surface area contributed by atoms with Crippen molar-refractivity contribution in [1.29, 1.82) is 0 Å². The van der Waals surface area contributed by atoms with Crippen LogP contribution in [0.15, 0.2) is 23.1 Å².